The summed E-state index contributed by atoms with van der Waals surface area (Å²) in [4.78, 5) is 0. The zero-order valence-electron chi connectivity index (χ0n) is 10.6. The van der Waals surface area contributed by atoms with Gasteiger partial charge in [0.05, 0.1) is 14.5 Å². The first-order chi connectivity index (χ1) is 9.95. The summed E-state index contributed by atoms with van der Waals surface area (Å²) in [7, 11) is 0. The van der Waals surface area contributed by atoms with Crippen LogP contribution in [0.4, 0.5) is 10.1 Å². The first kappa shape index (κ1) is 16.5. The number of nitrogens with one attached hydrogen (secondary N) is 2. The topological polar surface area (TPSA) is 24.1 Å². The van der Waals surface area contributed by atoms with Crippen molar-refractivity contribution in [2.45, 2.75) is 6.54 Å². The van der Waals surface area contributed by atoms with Gasteiger partial charge >= 0.3 is 0 Å². The maximum atomic E-state index is 13.1. The lowest BCUT2D eigenvalue weighted by Crippen LogP contribution is -2.27. The molecule has 0 aliphatic rings. The van der Waals surface area contributed by atoms with Gasteiger partial charge in [-0.1, -0.05) is 29.3 Å². The van der Waals surface area contributed by atoms with Crippen molar-refractivity contribution in [3.63, 3.8) is 0 Å². The molecule has 110 valence electrons. The van der Waals surface area contributed by atoms with Crippen LogP contribution in [-0.2, 0) is 6.54 Å². The molecule has 0 aromatic heterocycles. The second kappa shape index (κ2) is 7.40. The Labute approximate surface area is 145 Å². The molecular weight excluding hydrogens is 398 g/mol. The van der Waals surface area contributed by atoms with Gasteiger partial charge in [0, 0.05) is 12.2 Å². The number of anilines is 1. The van der Waals surface area contributed by atoms with Crippen molar-refractivity contribution >= 4 is 62.1 Å². The normalized spacial score (nSPS) is 10.3. The van der Waals surface area contributed by atoms with Gasteiger partial charge in [0.2, 0.25) is 0 Å². The van der Waals surface area contributed by atoms with E-state index in [0.717, 1.165) is 11.3 Å². The SMILES string of the molecule is Fc1ccc(CNC(=S)Nc2ccc(Cl)c(Cl)c2)cc1Br. The van der Waals surface area contributed by atoms with Crippen LogP contribution in [-0.4, -0.2) is 5.11 Å². The van der Waals surface area contributed by atoms with Gasteiger partial charge in [-0.05, 0) is 64.0 Å². The fraction of sp³-hybridized carbons (Fsp3) is 0.0714. The average Bonchev–Trinajstić information content (AvgIpc) is 2.44. The van der Waals surface area contributed by atoms with E-state index in [1.165, 1.54) is 6.07 Å². The van der Waals surface area contributed by atoms with Crippen LogP contribution in [0.3, 0.4) is 0 Å². The first-order valence-electron chi connectivity index (χ1n) is 5.89. The Morgan fingerprint density at radius 2 is 1.90 bits per heavy atom. The fourth-order valence-electron chi connectivity index (χ4n) is 1.58. The van der Waals surface area contributed by atoms with Gasteiger partial charge in [-0.2, -0.15) is 0 Å². The Kier molecular flexibility index (Phi) is 5.81. The van der Waals surface area contributed by atoms with Gasteiger partial charge in [0.1, 0.15) is 5.82 Å². The van der Waals surface area contributed by atoms with E-state index in [-0.39, 0.29) is 5.82 Å². The number of hydrogen-bond donors (Lipinski definition) is 2. The number of hydrogen-bond acceptors (Lipinski definition) is 1. The van der Waals surface area contributed by atoms with Gasteiger partial charge in [-0.25, -0.2) is 4.39 Å². The highest BCUT2D eigenvalue weighted by Crippen LogP contribution is 2.25. The maximum absolute atomic E-state index is 13.1. The number of benzene rings is 2. The zero-order chi connectivity index (χ0) is 15.4. The quantitative estimate of drug-likeness (QED) is 0.667. The molecule has 0 amide bonds. The Morgan fingerprint density at radius 1 is 1.14 bits per heavy atom. The van der Waals surface area contributed by atoms with Crippen LogP contribution >= 0.6 is 51.3 Å². The molecular formula is C14H10BrCl2FN2S. The minimum Gasteiger partial charge on any atom is -0.358 e. The highest BCUT2D eigenvalue weighted by molar-refractivity contribution is 9.10. The molecule has 0 spiro atoms. The van der Waals surface area contributed by atoms with Crippen molar-refractivity contribution in [3.05, 3.63) is 62.3 Å². The molecule has 0 bridgehead atoms. The minimum atomic E-state index is -0.296. The second-order valence-electron chi connectivity index (χ2n) is 4.19. The Bertz CT molecular complexity index is 682. The third-order valence-corrected chi connectivity index (χ3v) is 4.21. The molecule has 0 saturated carbocycles. The van der Waals surface area contributed by atoms with Crippen LogP contribution in [0, 0.1) is 5.82 Å². The van der Waals surface area contributed by atoms with E-state index in [4.69, 9.17) is 35.4 Å². The summed E-state index contributed by atoms with van der Waals surface area (Å²) in [6, 6.07) is 9.93. The van der Waals surface area contributed by atoms with Crippen LogP contribution in [0.2, 0.25) is 10.0 Å². The Morgan fingerprint density at radius 3 is 2.57 bits per heavy atom. The minimum absolute atomic E-state index is 0.296. The number of halogens is 4. The van der Waals surface area contributed by atoms with E-state index in [2.05, 4.69) is 26.6 Å². The highest BCUT2D eigenvalue weighted by Gasteiger charge is 2.03. The first-order valence-corrected chi connectivity index (χ1v) is 7.85. The van der Waals surface area contributed by atoms with Crippen molar-refractivity contribution in [1.82, 2.24) is 5.32 Å². The van der Waals surface area contributed by atoms with Crippen LogP contribution < -0.4 is 10.6 Å². The van der Waals surface area contributed by atoms with Gasteiger partial charge < -0.3 is 10.6 Å². The lowest BCUT2D eigenvalue weighted by Gasteiger charge is -2.11. The van der Waals surface area contributed by atoms with E-state index >= 15 is 0 Å². The zero-order valence-corrected chi connectivity index (χ0v) is 14.5. The average molecular weight is 408 g/mol. The van der Waals surface area contributed by atoms with E-state index in [9.17, 15) is 4.39 Å². The van der Waals surface area contributed by atoms with Crippen molar-refractivity contribution in [2.24, 2.45) is 0 Å². The largest absolute Gasteiger partial charge is 0.358 e. The van der Waals surface area contributed by atoms with Crippen molar-refractivity contribution in [3.8, 4) is 0 Å². The summed E-state index contributed by atoms with van der Waals surface area (Å²) in [5.41, 5.74) is 1.64. The standard InChI is InChI=1S/C14H10BrCl2FN2S/c15-10-5-8(1-4-13(10)18)7-19-14(21)20-9-2-3-11(16)12(17)6-9/h1-6H,7H2,(H2,19,20,21). The predicted octanol–water partition coefficient (Wildman–Crippen LogP) is 5.38. The van der Waals surface area contributed by atoms with E-state index in [1.807, 2.05) is 0 Å². The lowest BCUT2D eigenvalue weighted by molar-refractivity contribution is 0.620. The summed E-state index contributed by atoms with van der Waals surface area (Å²) in [5, 5.41) is 7.40. The number of rotatable bonds is 3. The van der Waals surface area contributed by atoms with Crippen LogP contribution in [0.1, 0.15) is 5.56 Å². The Hall–Kier alpha value is -0.880. The van der Waals surface area contributed by atoms with Crippen molar-refractivity contribution in [2.75, 3.05) is 5.32 Å². The molecule has 0 unspecified atom stereocenters. The molecule has 2 aromatic rings. The van der Waals surface area contributed by atoms with E-state index in [1.54, 1.807) is 30.3 Å². The molecule has 0 aliphatic carbocycles. The molecule has 0 atom stereocenters. The van der Waals surface area contributed by atoms with E-state index in [0.29, 0.717) is 26.2 Å². The number of thiocarbonyl (C=S) groups is 1. The van der Waals surface area contributed by atoms with E-state index < -0.39 is 0 Å². The molecule has 2 rings (SSSR count). The molecule has 2 nitrogen and oxygen atoms in total. The lowest BCUT2D eigenvalue weighted by atomic mass is 10.2. The summed E-state index contributed by atoms with van der Waals surface area (Å²) in [5.74, 6) is -0.296. The highest BCUT2D eigenvalue weighted by atomic mass is 79.9. The fourth-order valence-corrected chi connectivity index (χ4v) is 2.50. The molecule has 2 aromatic carbocycles. The summed E-state index contributed by atoms with van der Waals surface area (Å²) in [6.07, 6.45) is 0. The second-order valence-corrected chi connectivity index (χ2v) is 6.26. The van der Waals surface area contributed by atoms with Crippen molar-refractivity contribution in [1.29, 1.82) is 0 Å². The Balaban J connectivity index is 1.92. The molecule has 0 aliphatic heterocycles. The monoisotopic (exact) mass is 406 g/mol. The molecule has 7 heteroatoms. The van der Waals surface area contributed by atoms with Gasteiger partial charge in [-0.15, -0.1) is 0 Å². The molecule has 21 heavy (non-hydrogen) atoms. The molecule has 2 N–H and O–H groups in total. The van der Waals surface area contributed by atoms with Crippen LogP contribution in [0.5, 0.6) is 0 Å². The van der Waals surface area contributed by atoms with Crippen LogP contribution in [0.25, 0.3) is 0 Å². The third kappa shape index (κ3) is 4.81. The van der Waals surface area contributed by atoms with Gasteiger partial charge in [-0.3, -0.25) is 0 Å². The van der Waals surface area contributed by atoms with Crippen molar-refractivity contribution < 1.29 is 4.39 Å². The predicted molar refractivity (Wildman–Crippen MR) is 93.6 cm³/mol. The maximum Gasteiger partial charge on any atom is 0.171 e. The smallest absolute Gasteiger partial charge is 0.171 e. The van der Waals surface area contributed by atoms with Gasteiger partial charge in [0.25, 0.3) is 0 Å². The molecule has 0 fully saturated rings. The van der Waals surface area contributed by atoms with Crippen LogP contribution in [0.15, 0.2) is 40.9 Å². The molecule has 0 radical (unpaired) electrons. The summed E-state index contributed by atoms with van der Waals surface area (Å²) < 4.78 is 13.5. The molecule has 0 heterocycles. The van der Waals surface area contributed by atoms with Gasteiger partial charge in [0.15, 0.2) is 5.11 Å². The summed E-state index contributed by atoms with van der Waals surface area (Å²) >= 11 is 20.1. The third-order valence-electron chi connectivity index (χ3n) is 2.61. The summed E-state index contributed by atoms with van der Waals surface area (Å²) in [6.45, 7) is 0.478. The molecule has 0 saturated heterocycles.